The normalized spacial score (nSPS) is 25.6. The average molecular weight is 186 g/mol. The van der Waals surface area contributed by atoms with Crippen LogP contribution in [-0.4, -0.2) is 20.9 Å². The second-order valence-corrected chi connectivity index (χ2v) is 5.74. The quantitative estimate of drug-likeness (QED) is 0.490. The Kier molecular flexibility index (Phi) is 1.63. The van der Waals surface area contributed by atoms with E-state index in [2.05, 4.69) is 0 Å². The molecular weight excluding hydrogens is 176 g/mol. The molecule has 0 aromatic heterocycles. The molecule has 1 fully saturated rings. The fraction of sp³-hybridized carbons (Fsp3) is 1.00. The Morgan fingerprint density at radius 3 is 1.80 bits per heavy atom. The predicted molar refractivity (Wildman–Crippen MR) is 27.4 cm³/mol. The summed E-state index contributed by atoms with van der Waals surface area (Å²) < 4.78 is 3.34. The maximum atomic E-state index is 1.67. The topological polar surface area (TPSA) is 0 Å². The molecule has 0 aliphatic carbocycles. The van der Waals surface area contributed by atoms with Crippen molar-refractivity contribution in [3.63, 3.8) is 0 Å². The first kappa shape index (κ1) is 3.96. The molecule has 0 radical (unpaired) electrons. The SMILES string of the molecule is C1CC[TeH2]C1. The van der Waals surface area contributed by atoms with E-state index in [0.29, 0.717) is 20.9 Å². The summed E-state index contributed by atoms with van der Waals surface area (Å²) in [5, 5.41) is 0. The fourth-order valence-corrected chi connectivity index (χ4v) is 4.19. The van der Waals surface area contributed by atoms with Crippen molar-refractivity contribution in [3.05, 3.63) is 0 Å². The summed E-state index contributed by atoms with van der Waals surface area (Å²) in [5.41, 5.74) is 0. The molecule has 0 saturated carbocycles. The molecule has 1 aliphatic rings. The van der Waals surface area contributed by atoms with Gasteiger partial charge >= 0.3 is 42.7 Å². The van der Waals surface area contributed by atoms with E-state index in [4.69, 9.17) is 0 Å². The molecule has 32 valence electrons. The van der Waals surface area contributed by atoms with Gasteiger partial charge in [-0.25, -0.2) is 0 Å². The Morgan fingerprint density at radius 2 is 1.60 bits per heavy atom. The van der Waals surface area contributed by atoms with E-state index in [9.17, 15) is 0 Å². The van der Waals surface area contributed by atoms with Crippen LogP contribution >= 0.6 is 0 Å². The molecule has 5 heavy (non-hydrogen) atoms. The molecule has 1 heteroatoms. The molecule has 0 unspecified atom stereocenters. The molecule has 1 heterocycles. The average Bonchev–Trinajstić information content (AvgIpc) is 1.76. The van der Waals surface area contributed by atoms with Crippen LogP contribution in [0.5, 0.6) is 0 Å². The van der Waals surface area contributed by atoms with E-state index in [0.717, 1.165) is 0 Å². The van der Waals surface area contributed by atoms with Crippen LogP contribution in [0, 0.1) is 0 Å². The Labute approximate surface area is 43.0 Å². The van der Waals surface area contributed by atoms with Crippen molar-refractivity contribution in [2.75, 3.05) is 0 Å². The molecule has 1 saturated heterocycles. The van der Waals surface area contributed by atoms with Crippen LogP contribution in [0.1, 0.15) is 12.8 Å². The minimum atomic E-state index is 0.329. The number of rotatable bonds is 0. The Morgan fingerprint density at radius 1 is 1.00 bits per heavy atom. The van der Waals surface area contributed by atoms with Gasteiger partial charge in [0, 0.05) is 0 Å². The van der Waals surface area contributed by atoms with Gasteiger partial charge < -0.3 is 0 Å². The Bertz CT molecular complexity index is 15.2. The summed E-state index contributed by atoms with van der Waals surface area (Å²) in [7, 11) is 0. The monoisotopic (exact) mass is 188 g/mol. The summed E-state index contributed by atoms with van der Waals surface area (Å²) in [5.74, 6) is 0. The van der Waals surface area contributed by atoms with Crippen LogP contribution in [0.2, 0.25) is 8.94 Å². The minimum absolute atomic E-state index is 0.329. The van der Waals surface area contributed by atoms with Gasteiger partial charge in [0.05, 0.1) is 0 Å². The first-order valence-corrected chi connectivity index (χ1v) is 6.24. The second kappa shape index (κ2) is 2.05. The molecule has 0 aromatic carbocycles. The second-order valence-electron chi connectivity index (χ2n) is 1.46. The number of hydrogen-bond acceptors (Lipinski definition) is 0. The molecular formula is C4H10Te. The third kappa shape index (κ3) is 1.11. The van der Waals surface area contributed by atoms with Gasteiger partial charge in [0.25, 0.3) is 0 Å². The molecule has 0 nitrogen and oxygen atoms in total. The predicted octanol–water partition coefficient (Wildman–Crippen LogP) is 0.786. The third-order valence-electron chi connectivity index (χ3n) is 0.957. The van der Waals surface area contributed by atoms with Crippen molar-refractivity contribution < 1.29 is 0 Å². The molecule has 0 amide bonds. The zero-order chi connectivity index (χ0) is 3.54. The Hall–Kier alpha value is 0.790. The van der Waals surface area contributed by atoms with Crippen LogP contribution in [0.4, 0.5) is 0 Å². The summed E-state index contributed by atoms with van der Waals surface area (Å²) in [6.45, 7) is 0. The molecule has 0 bridgehead atoms. The van der Waals surface area contributed by atoms with Gasteiger partial charge in [-0.3, -0.25) is 0 Å². The van der Waals surface area contributed by atoms with E-state index in [1.807, 2.05) is 0 Å². The van der Waals surface area contributed by atoms with Crippen LogP contribution < -0.4 is 0 Å². The van der Waals surface area contributed by atoms with Crippen LogP contribution in [0.15, 0.2) is 0 Å². The van der Waals surface area contributed by atoms with E-state index >= 15 is 0 Å². The van der Waals surface area contributed by atoms with E-state index in [1.165, 1.54) is 0 Å². The standard InChI is InChI=1S/C4H10Te/c1-2-4-5-3-1/h1-5H2. The van der Waals surface area contributed by atoms with Crippen molar-refractivity contribution >= 4 is 20.9 Å². The van der Waals surface area contributed by atoms with Gasteiger partial charge in [0.15, 0.2) is 0 Å². The van der Waals surface area contributed by atoms with E-state index < -0.39 is 0 Å². The van der Waals surface area contributed by atoms with Gasteiger partial charge in [-0.1, -0.05) is 0 Å². The van der Waals surface area contributed by atoms with Gasteiger partial charge in [-0.05, 0) is 0 Å². The van der Waals surface area contributed by atoms with Gasteiger partial charge in [-0.15, -0.1) is 0 Å². The summed E-state index contributed by atoms with van der Waals surface area (Å²) in [6, 6.07) is 0. The molecule has 1 rings (SSSR count). The number of hydrogen-bond donors (Lipinski definition) is 0. The van der Waals surface area contributed by atoms with Crippen LogP contribution in [0.3, 0.4) is 0 Å². The van der Waals surface area contributed by atoms with E-state index in [-0.39, 0.29) is 0 Å². The van der Waals surface area contributed by atoms with Crippen LogP contribution in [0.25, 0.3) is 0 Å². The summed E-state index contributed by atoms with van der Waals surface area (Å²) in [6.07, 6.45) is 3.15. The van der Waals surface area contributed by atoms with Gasteiger partial charge in [0.1, 0.15) is 0 Å². The fourth-order valence-electron chi connectivity index (χ4n) is 0.625. The zero-order valence-electron chi connectivity index (χ0n) is 3.33. The molecule has 0 aromatic rings. The van der Waals surface area contributed by atoms with Gasteiger partial charge in [-0.2, -0.15) is 0 Å². The maximum absolute atomic E-state index is 1.67. The molecule has 1 aliphatic heterocycles. The molecule has 0 N–H and O–H groups in total. The van der Waals surface area contributed by atoms with Crippen molar-refractivity contribution in [2.45, 2.75) is 21.8 Å². The van der Waals surface area contributed by atoms with Crippen molar-refractivity contribution in [1.82, 2.24) is 0 Å². The third-order valence-corrected chi connectivity index (χ3v) is 4.99. The van der Waals surface area contributed by atoms with E-state index in [1.54, 1.807) is 21.8 Å². The van der Waals surface area contributed by atoms with Crippen LogP contribution in [-0.2, 0) is 0 Å². The van der Waals surface area contributed by atoms with Gasteiger partial charge in [0.2, 0.25) is 0 Å². The zero-order valence-corrected chi connectivity index (χ0v) is 6.18. The Balaban J connectivity index is 2.08. The van der Waals surface area contributed by atoms with Crippen molar-refractivity contribution in [2.24, 2.45) is 0 Å². The van der Waals surface area contributed by atoms with Crippen molar-refractivity contribution in [3.8, 4) is 0 Å². The summed E-state index contributed by atoms with van der Waals surface area (Å²) >= 11 is 0.329. The molecule has 0 atom stereocenters. The van der Waals surface area contributed by atoms with Crippen molar-refractivity contribution in [1.29, 1.82) is 0 Å². The summed E-state index contributed by atoms with van der Waals surface area (Å²) in [4.78, 5) is 0. The first-order chi connectivity index (χ1) is 2.50. The first-order valence-electron chi connectivity index (χ1n) is 2.21. The molecule has 0 spiro atoms.